The summed E-state index contributed by atoms with van der Waals surface area (Å²) < 4.78 is 5.40. The van der Waals surface area contributed by atoms with Crippen molar-refractivity contribution in [3.63, 3.8) is 0 Å². The number of anilines is 1. The summed E-state index contributed by atoms with van der Waals surface area (Å²) in [5.41, 5.74) is 0.506. The summed E-state index contributed by atoms with van der Waals surface area (Å²) in [6, 6.07) is 4.34. The molecule has 1 aromatic rings. The summed E-state index contributed by atoms with van der Waals surface area (Å²) in [5.74, 6) is 0.0936. The van der Waals surface area contributed by atoms with Gasteiger partial charge in [0.05, 0.1) is 11.5 Å². The average Bonchev–Trinajstić information content (AvgIpc) is 2.45. The molecule has 116 valence electrons. The first kappa shape index (κ1) is 16.9. The molecule has 0 bridgehead atoms. The summed E-state index contributed by atoms with van der Waals surface area (Å²) in [6.07, 6.45) is 0. The Bertz CT molecular complexity index is 503. The van der Waals surface area contributed by atoms with Gasteiger partial charge in [-0.25, -0.2) is 0 Å². The number of carbonyl (C=O) groups excluding carboxylic acids is 1. The van der Waals surface area contributed by atoms with Gasteiger partial charge in [0.1, 0.15) is 5.69 Å². The van der Waals surface area contributed by atoms with Crippen LogP contribution in [0.4, 0.5) is 11.4 Å². The molecule has 0 fully saturated rings. The zero-order chi connectivity index (χ0) is 15.8. The fraction of sp³-hybridized carbons (Fsp3) is 0.500. The second-order valence-corrected chi connectivity index (χ2v) is 4.96. The lowest BCUT2D eigenvalue weighted by Crippen LogP contribution is -2.18. The van der Waals surface area contributed by atoms with Crippen LogP contribution >= 0.6 is 0 Å². The lowest BCUT2D eigenvalue weighted by Gasteiger charge is -2.10. The molecule has 1 rings (SSSR count). The van der Waals surface area contributed by atoms with E-state index < -0.39 is 4.92 Å². The Kier molecular flexibility index (Phi) is 6.61. The van der Waals surface area contributed by atoms with Gasteiger partial charge in [0.25, 0.3) is 11.6 Å². The van der Waals surface area contributed by atoms with Crippen molar-refractivity contribution in [3.05, 3.63) is 33.9 Å². The molecule has 0 atom stereocenters. The zero-order valence-electron chi connectivity index (χ0n) is 12.5. The number of nitrogens with zero attached hydrogens (tertiary/aromatic N) is 1. The summed E-state index contributed by atoms with van der Waals surface area (Å²) in [7, 11) is 1.48. The molecule has 0 aliphatic carbocycles. The molecule has 0 radical (unpaired) electrons. The maximum atomic E-state index is 11.5. The first-order valence-electron chi connectivity index (χ1n) is 6.77. The smallest absolute Gasteiger partial charge is 0.293 e. The van der Waals surface area contributed by atoms with Crippen LogP contribution in [0.2, 0.25) is 0 Å². The Balaban J connectivity index is 2.69. The van der Waals surface area contributed by atoms with E-state index in [9.17, 15) is 14.9 Å². The molecule has 21 heavy (non-hydrogen) atoms. The Morgan fingerprint density at radius 3 is 2.71 bits per heavy atom. The van der Waals surface area contributed by atoms with Gasteiger partial charge < -0.3 is 15.4 Å². The third kappa shape index (κ3) is 5.39. The second-order valence-electron chi connectivity index (χ2n) is 4.96. The van der Waals surface area contributed by atoms with Crippen molar-refractivity contribution < 1.29 is 14.5 Å². The van der Waals surface area contributed by atoms with Crippen LogP contribution in [-0.4, -0.2) is 37.6 Å². The molecule has 0 saturated heterocycles. The van der Waals surface area contributed by atoms with Gasteiger partial charge in [0, 0.05) is 31.8 Å². The number of hydrogen-bond acceptors (Lipinski definition) is 5. The normalized spacial score (nSPS) is 10.5. The molecule has 7 nitrogen and oxygen atoms in total. The Morgan fingerprint density at radius 2 is 2.14 bits per heavy atom. The summed E-state index contributed by atoms with van der Waals surface area (Å²) in [4.78, 5) is 22.0. The van der Waals surface area contributed by atoms with Crippen molar-refractivity contribution in [1.82, 2.24) is 5.32 Å². The van der Waals surface area contributed by atoms with Gasteiger partial charge in [-0.3, -0.25) is 14.9 Å². The third-order valence-corrected chi connectivity index (χ3v) is 2.70. The molecule has 0 unspecified atom stereocenters. The molecular weight excluding hydrogens is 274 g/mol. The van der Waals surface area contributed by atoms with Crippen molar-refractivity contribution in [2.24, 2.45) is 5.92 Å². The van der Waals surface area contributed by atoms with Gasteiger partial charge in [-0.05, 0) is 18.1 Å². The standard InChI is InChI=1S/C14H21N3O4/c1-10(2)9-21-7-6-16-12-5-4-11(14(18)15-3)8-13(12)17(19)20/h4-5,8,10,16H,6-7,9H2,1-3H3,(H,15,18). The largest absolute Gasteiger partial charge is 0.379 e. The first-order valence-corrected chi connectivity index (χ1v) is 6.77. The van der Waals surface area contributed by atoms with Gasteiger partial charge in [0.2, 0.25) is 0 Å². The topological polar surface area (TPSA) is 93.5 Å². The van der Waals surface area contributed by atoms with E-state index in [4.69, 9.17) is 4.74 Å². The second kappa shape index (κ2) is 8.21. The number of nitrogens with one attached hydrogen (secondary N) is 2. The number of rotatable bonds is 8. The van der Waals surface area contributed by atoms with Gasteiger partial charge >= 0.3 is 0 Å². The van der Waals surface area contributed by atoms with E-state index in [1.54, 1.807) is 6.07 Å². The van der Waals surface area contributed by atoms with Gasteiger partial charge in [-0.15, -0.1) is 0 Å². The lowest BCUT2D eigenvalue weighted by atomic mass is 10.1. The van der Waals surface area contributed by atoms with Crippen molar-refractivity contribution >= 4 is 17.3 Å². The van der Waals surface area contributed by atoms with Crippen LogP contribution in [0.15, 0.2) is 18.2 Å². The average molecular weight is 295 g/mol. The molecule has 0 aromatic heterocycles. The Labute approximate surface area is 123 Å². The number of hydrogen-bond donors (Lipinski definition) is 2. The highest BCUT2D eigenvalue weighted by molar-refractivity contribution is 5.95. The van der Waals surface area contributed by atoms with E-state index in [2.05, 4.69) is 24.5 Å². The van der Waals surface area contributed by atoms with Crippen molar-refractivity contribution in [2.75, 3.05) is 32.1 Å². The summed E-state index contributed by atoms with van der Waals surface area (Å²) in [6.45, 7) is 5.68. The van der Waals surface area contributed by atoms with Gasteiger partial charge in [-0.1, -0.05) is 13.8 Å². The minimum atomic E-state index is -0.510. The van der Waals surface area contributed by atoms with Crippen LogP contribution in [0.5, 0.6) is 0 Å². The Hall–Kier alpha value is -2.15. The molecule has 0 spiro atoms. The fourth-order valence-electron chi connectivity index (χ4n) is 1.69. The number of carbonyl (C=O) groups is 1. The van der Waals surface area contributed by atoms with Crippen molar-refractivity contribution in [2.45, 2.75) is 13.8 Å². The predicted octanol–water partition coefficient (Wildman–Crippen LogP) is 2.04. The quantitative estimate of drug-likeness (QED) is 0.435. The molecular formula is C14H21N3O4. The number of amides is 1. The SMILES string of the molecule is CNC(=O)c1ccc(NCCOCC(C)C)c([N+](=O)[O-])c1. The monoisotopic (exact) mass is 295 g/mol. The molecule has 0 heterocycles. The van der Waals surface area contributed by atoms with Crippen LogP contribution in [0.1, 0.15) is 24.2 Å². The van der Waals surface area contributed by atoms with E-state index in [1.807, 2.05) is 0 Å². The lowest BCUT2D eigenvalue weighted by molar-refractivity contribution is -0.384. The number of ether oxygens (including phenoxy) is 1. The van der Waals surface area contributed by atoms with Crippen LogP contribution in [0.25, 0.3) is 0 Å². The van der Waals surface area contributed by atoms with E-state index in [0.29, 0.717) is 31.4 Å². The van der Waals surface area contributed by atoms with E-state index >= 15 is 0 Å². The summed E-state index contributed by atoms with van der Waals surface area (Å²) >= 11 is 0. The molecule has 2 N–H and O–H groups in total. The van der Waals surface area contributed by atoms with E-state index in [0.717, 1.165) is 0 Å². The molecule has 0 aliphatic rings. The maximum absolute atomic E-state index is 11.5. The first-order chi connectivity index (χ1) is 9.95. The van der Waals surface area contributed by atoms with Crippen LogP contribution < -0.4 is 10.6 Å². The Morgan fingerprint density at radius 1 is 1.43 bits per heavy atom. The highest BCUT2D eigenvalue weighted by Gasteiger charge is 2.16. The maximum Gasteiger partial charge on any atom is 0.293 e. The van der Waals surface area contributed by atoms with Crippen molar-refractivity contribution in [3.8, 4) is 0 Å². The van der Waals surface area contributed by atoms with Gasteiger partial charge in [0.15, 0.2) is 0 Å². The predicted molar refractivity (Wildman–Crippen MR) is 80.6 cm³/mol. The van der Waals surface area contributed by atoms with Gasteiger partial charge in [-0.2, -0.15) is 0 Å². The minimum absolute atomic E-state index is 0.125. The number of nitro groups is 1. The number of nitro benzene ring substituents is 1. The van der Waals surface area contributed by atoms with Crippen LogP contribution in [0.3, 0.4) is 0 Å². The highest BCUT2D eigenvalue weighted by Crippen LogP contribution is 2.25. The summed E-state index contributed by atoms with van der Waals surface area (Å²) in [5, 5.41) is 16.5. The third-order valence-electron chi connectivity index (χ3n) is 2.70. The molecule has 0 aliphatic heterocycles. The van der Waals surface area contributed by atoms with E-state index in [-0.39, 0.29) is 17.2 Å². The van der Waals surface area contributed by atoms with Crippen LogP contribution in [0, 0.1) is 16.0 Å². The number of benzene rings is 1. The zero-order valence-corrected chi connectivity index (χ0v) is 12.5. The molecule has 1 aromatic carbocycles. The van der Waals surface area contributed by atoms with E-state index in [1.165, 1.54) is 19.2 Å². The molecule has 1 amide bonds. The van der Waals surface area contributed by atoms with Crippen molar-refractivity contribution in [1.29, 1.82) is 0 Å². The minimum Gasteiger partial charge on any atom is -0.379 e. The fourth-order valence-corrected chi connectivity index (χ4v) is 1.69. The molecule has 0 saturated carbocycles. The van der Waals surface area contributed by atoms with Crippen LogP contribution in [-0.2, 0) is 4.74 Å². The molecule has 7 heteroatoms. The highest BCUT2D eigenvalue weighted by atomic mass is 16.6.